The standard InChI is InChI=1S/C20H20ClN3O2S/c1-24(12-19(25)22-16-7-9-18(26-2)10-8-16)11-17-13-27-20(23-17)14-3-5-15(21)6-4-14/h3-10,13H,11-12H2,1-2H3,(H,22,25). The SMILES string of the molecule is COc1ccc(NC(=O)CN(C)Cc2csc(-c3ccc(Cl)cc3)n2)cc1. The van der Waals surface area contributed by atoms with Crippen LogP contribution in [0.3, 0.4) is 0 Å². The maximum Gasteiger partial charge on any atom is 0.238 e. The Morgan fingerprint density at radius 1 is 1.19 bits per heavy atom. The van der Waals surface area contributed by atoms with Gasteiger partial charge in [-0.2, -0.15) is 0 Å². The fourth-order valence-electron chi connectivity index (χ4n) is 2.56. The lowest BCUT2D eigenvalue weighted by Gasteiger charge is -2.15. The van der Waals surface area contributed by atoms with E-state index in [2.05, 4.69) is 10.3 Å². The molecule has 0 unspecified atom stereocenters. The predicted octanol–water partition coefficient (Wildman–Crippen LogP) is 4.54. The summed E-state index contributed by atoms with van der Waals surface area (Å²) in [7, 11) is 3.51. The third kappa shape index (κ3) is 5.53. The summed E-state index contributed by atoms with van der Waals surface area (Å²) in [4.78, 5) is 18.8. The molecule has 0 saturated heterocycles. The van der Waals surface area contributed by atoms with Crippen LogP contribution in [-0.2, 0) is 11.3 Å². The Balaban J connectivity index is 1.53. The monoisotopic (exact) mass is 401 g/mol. The molecule has 0 bridgehead atoms. The van der Waals surface area contributed by atoms with Gasteiger partial charge in [0, 0.05) is 28.2 Å². The van der Waals surface area contributed by atoms with Crippen LogP contribution >= 0.6 is 22.9 Å². The van der Waals surface area contributed by atoms with Crippen LogP contribution in [0.5, 0.6) is 5.75 Å². The summed E-state index contributed by atoms with van der Waals surface area (Å²) in [5.74, 6) is 0.681. The van der Waals surface area contributed by atoms with Gasteiger partial charge in [-0.15, -0.1) is 11.3 Å². The van der Waals surface area contributed by atoms with Gasteiger partial charge in [-0.3, -0.25) is 9.69 Å². The minimum absolute atomic E-state index is 0.0733. The average molecular weight is 402 g/mol. The first kappa shape index (κ1) is 19.4. The van der Waals surface area contributed by atoms with Gasteiger partial charge in [0.05, 0.1) is 19.3 Å². The molecular weight excluding hydrogens is 382 g/mol. The van der Waals surface area contributed by atoms with E-state index >= 15 is 0 Å². The van der Waals surface area contributed by atoms with Gasteiger partial charge in [-0.25, -0.2) is 4.98 Å². The maximum atomic E-state index is 12.2. The molecule has 0 saturated carbocycles. The molecule has 140 valence electrons. The van der Waals surface area contributed by atoms with E-state index < -0.39 is 0 Å². The van der Waals surface area contributed by atoms with Crippen molar-refractivity contribution in [1.82, 2.24) is 9.88 Å². The zero-order valence-electron chi connectivity index (χ0n) is 15.1. The van der Waals surface area contributed by atoms with Crippen molar-refractivity contribution in [3.63, 3.8) is 0 Å². The summed E-state index contributed by atoms with van der Waals surface area (Å²) in [5, 5.41) is 6.54. The summed E-state index contributed by atoms with van der Waals surface area (Å²) in [6, 6.07) is 14.9. The highest BCUT2D eigenvalue weighted by atomic mass is 35.5. The molecule has 1 N–H and O–H groups in total. The first-order chi connectivity index (χ1) is 13.0. The molecule has 0 fully saturated rings. The van der Waals surface area contributed by atoms with E-state index in [1.54, 1.807) is 18.4 Å². The molecule has 3 aromatic rings. The molecule has 0 spiro atoms. The molecule has 0 atom stereocenters. The highest BCUT2D eigenvalue weighted by molar-refractivity contribution is 7.13. The van der Waals surface area contributed by atoms with Crippen molar-refractivity contribution < 1.29 is 9.53 Å². The van der Waals surface area contributed by atoms with Crippen molar-refractivity contribution in [1.29, 1.82) is 0 Å². The van der Waals surface area contributed by atoms with E-state index in [9.17, 15) is 4.79 Å². The van der Waals surface area contributed by atoms with E-state index in [-0.39, 0.29) is 12.5 Å². The Kier molecular flexibility index (Phi) is 6.45. The number of anilines is 1. The number of carbonyl (C=O) groups excluding carboxylic acids is 1. The Labute approximate surface area is 167 Å². The molecule has 27 heavy (non-hydrogen) atoms. The summed E-state index contributed by atoms with van der Waals surface area (Å²) in [6.45, 7) is 0.875. The third-order valence-corrected chi connectivity index (χ3v) is 5.05. The number of hydrogen-bond acceptors (Lipinski definition) is 5. The number of amides is 1. The highest BCUT2D eigenvalue weighted by Crippen LogP contribution is 2.25. The number of ether oxygens (including phenoxy) is 1. The van der Waals surface area contributed by atoms with Crippen molar-refractivity contribution in [3.8, 4) is 16.3 Å². The average Bonchev–Trinajstić information content (AvgIpc) is 3.11. The minimum atomic E-state index is -0.0733. The van der Waals surface area contributed by atoms with Crippen LogP contribution in [0.15, 0.2) is 53.9 Å². The summed E-state index contributed by atoms with van der Waals surface area (Å²) >= 11 is 7.51. The number of nitrogens with one attached hydrogen (secondary N) is 1. The van der Waals surface area contributed by atoms with Gasteiger partial charge in [-0.05, 0) is 43.4 Å². The molecule has 5 nitrogen and oxygen atoms in total. The molecule has 7 heteroatoms. The first-order valence-corrected chi connectivity index (χ1v) is 9.62. The number of methoxy groups -OCH3 is 1. The molecule has 1 amide bonds. The van der Waals surface area contributed by atoms with Gasteiger partial charge in [-0.1, -0.05) is 23.7 Å². The number of rotatable bonds is 7. The highest BCUT2D eigenvalue weighted by Gasteiger charge is 2.11. The number of aromatic nitrogens is 1. The number of benzene rings is 2. The smallest absolute Gasteiger partial charge is 0.238 e. The van der Waals surface area contributed by atoms with Crippen molar-refractivity contribution in [2.75, 3.05) is 26.0 Å². The molecule has 0 aliphatic carbocycles. The van der Waals surface area contributed by atoms with E-state index in [1.807, 2.05) is 65.9 Å². The molecule has 3 rings (SSSR count). The van der Waals surface area contributed by atoms with Crippen molar-refractivity contribution in [2.24, 2.45) is 0 Å². The zero-order valence-corrected chi connectivity index (χ0v) is 16.7. The van der Waals surface area contributed by atoms with Crippen LogP contribution < -0.4 is 10.1 Å². The first-order valence-electron chi connectivity index (χ1n) is 8.36. The molecule has 2 aromatic carbocycles. The second kappa shape index (κ2) is 8.99. The van der Waals surface area contributed by atoms with Crippen LogP contribution in [-0.4, -0.2) is 36.5 Å². The van der Waals surface area contributed by atoms with Crippen molar-refractivity contribution in [2.45, 2.75) is 6.54 Å². The topological polar surface area (TPSA) is 54.5 Å². The van der Waals surface area contributed by atoms with Crippen LogP contribution in [0.2, 0.25) is 5.02 Å². The van der Waals surface area contributed by atoms with Crippen LogP contribution in [0.4, 0.5) is 5.69 Å². The summed E-state index contributed by atoms with van der Waals surface area (Å²) < 4.78 is 5.11. The third-order valence-electron chi connectivity index (χ3n) is 3.86. The largest absolute Gasteiger partial charge is 0.497 e. The van der Waals surface area contributed by atoms with Gasteiger partial charge in [0.1, 0.15) is 10.8 Å². The number of carbonyl (C=O) groups is 1. The number of nitrogens with zero attached hydrogens (tertiary/aromatic N) is 2. The number of halogens is 1. The van der Waals surface area contributed by atoms with Gasteiger partial charge in [0.15, 0.2) is 0 Å². The molecule has 1 heterocycles. The normalized spacial score (nSPS) is 10.8. The van der Waals surface area contributed by atoms with Gasteiger partial charge >= 0.3 is 0 Å². The molecule has 0 aliphatic rings. The second-order valence-electron chi connectivity index (χ2n) is 6.10. The lowest BCUT2D eigenvalue weighted by atomic mass is 10.2. The molecule has 0 aliphatic heterocycles. The Hall–Kier alpha value is -2.41. The predicted molar refractivity (Wildman–Crippen MR) is 111 cm³/mol. The fraction of sp³-hybridized carbons (Fsp3) is 0.200. The minimum Gasteiger partial charge on any atom is -0.497 e. The quantitative estimate of drug-likeness (QED) is 0.631. The van der Waals surface area contributed by atoms with E-state index in [1.165, 1.54) is 0 Å². The van der Waals surface area contributed by atoms with Gasteiger partial charge < -0.3 is 10.1 Å². The zero-order chi connectivity index (χ0) is 19.2. The van der Waals surface area contributed by atoms with E-state index in [0.717, 1.165) is 27.7 Å². The number of thiazole rings is 1. The van der Waals surface area contributed by atoms with Gasteiger partial charge in [0.2, 0.25) is 5.91 Å². The lowest BCUT2D eigenvalue weighted by Crippen LogP contribution is -2.29. The Bertz CT molecular complexity index is 894. The Morgan fingerprint density at radius 3 is 2.56 bits per heavy atom. The molecule has 1 aromatic heterocycles. The number of likely N-dealkylation sites (N-methyl/N-ethyl adjacent to an activating group) is 1. The van der Waals surface area contributed by atoms with Crippen LogP contribution in [0.25, 0.3) is 10.6 Å². The van der Waals surface area contributed by atoms with Crippen molar-refractivity contribution >= 4 is 34.5 Å². The fourth-order valence-corrected chi connectivity index (χ4v) is 3.50. The van der Waals surface area contributed by atoms with Crippen molar-refractivity contribution in [3.05, 3.63) is 64.6 Å². The number of hydrogen-bond donors (Lipinski definition) is 1. The van der Waals surface area contributed by atoms with Crippen LogP contribution in [0.1, 0.15) is 5.69 Å². The van der Waals surface area contributed by atoms with Gasteiger partial charge in [0.25, 0.3) is 0 Å². The van der Waals surface area contributed by atoms with E-state index in [4.69, 9.17) is 16.3 Å². The maximum absolute atomic E-state index is 12.2. The molecule has 0 radical (unpaired) electrons. The van der Waals surface area contributed by atoms with E-state index in [0.29, 0.717) is 11.6 Å². The van der Waals surface area contributed by atoms with Crippen LogP contribution in [0, 0.1) is 0 Å². The molecular formula is C20H20ClN3O2S. The second-order valence-corrected chi connectivity index (χ2v) is 7.39. The summed E-state index contributed by atoms with van der Waals surface area (Å²) in [5.41, 5.74) is 2.72. The Morgan fingerprint density at radius 2 is 1.89 bits per heavy atom. The lowest BCUT2D eigenvalue weighted by molar-refractivity contribution is -0.117. The summed E-state index contributed by atoms with van der Waals surface area (Å²) in [6.07, 6.45) is 0.